The van der Waals surface area contributed by atoms with Gasteiger partial charge in [-0.3, -0.25) is 9.59 Å². The van der Waals surface area contributed by atoms with Gasteiger partial charge in [0.15, 0.2) is 0 Å². The normalized spacial score (nSPS) is 12.2. The number of nitrogens with one attached hydrogen (secondary N) is 2. The summed E-state index contributed by atoms with van der Waals surface area (Å²) in [5.74, 6) is -0.682. The fourth-order valence-electron chi connectivity index (χ4n) is 3.57. The van der Waals surface area contributed by atoms with E-state index in [1.807, 2.05) is 85.8 Å². The molecule has 4 aromatic carbocycles. The average molecular weight is 421 g/mol. The first kappa shape index (κ1) is 21.1. The van der Waals surface area contributed by atoms with E-state index in [1.54, 1.807) is 30.3 Å². The quantitative estimate of drug-likeness (QED) is 0.405. The smallest absolute Gasteiger partial charge is 0.268 e. The lowest BCUT2D eigenvalue weighted by Crippen LogP contribution is -2.36. The number of hydrogen-bond donors (Lipinski definition) is 2. The van der Waals surface area contributed by atoms with Gasteiger partial charge in [-0.1, -0.05) is 91.0 Å². The highest BCUT2D eigenvalue weighted by Gasteiger charge is 2.17. The molecule has 32 heavy (non-hydrogen) atoms. The molecule has 0 heterocycles. The van der Waals surface area contributed by atoms with E-state index in [0.29, 0.717) is 5.56 Å². The van der Waals surface area contributed by atoms with E-state index in [2.05, 4.69) is 10.6 Å². The molecule has 0 aliphatic rings. The second-order valence-corrected chi connectivity index (χ2v) is 7.55. The average Bonchev–Trinajstić information content (AvgIpc) is 2.84. The molecule has 0 fully saturated rings. The van der Waals surface area contributed by atoms with E-state index in [9.17, 15) is 9.59 Å². The summed E-state index contributed by atoms with van der Waals surface area (Å²) < 4.78 is 0. The summed E-state index contributed by atoms with van der Waals surface area (Å²) in [6, 6.07) is 32.2. The van der Waals surface area contributed by atoms with E-state index in [0.717, 1.165) is 21.9 Å². The zero-order valence-electron chi connectivity index (χ0n) is 17.8. The molecule has 0 saturated carbocycles. The fourth-order valence-corrected chi connectivity index (χ4v) is 3.57. The van der Waals surface area contributed by atoms with Crippen LogP contribution in [0.3, 0.4) is 0 Å². The lowest BCUT2D eigenvalue weighted by molar-refractivity contribution is -0.118. The van der Waals surface area contributed by atoms with Crippen molar-refractivity contribution in [2.75, 3.05) is 0 Å². The van der Waals surface area contributed by atoms with Crippen LogP contribution < -0.4 is 10.6 Å². The molecule has 4 heteroatoms. The summed E-state index contributed by atoms with van der Waals surface area (Å²) in [6.45, 7) is 1.92. The Morgan fingerprint density at radius 1 is 0.750 bits per heavy atom. The van der Waals surface area contributed by atoms with E-state index in [-0.39, 0.29) is 23.6 Å². The van der Waals surface area contributed by atoms with Crippen LogP contribution in [0.25, 0.3) is 16.8 Å². The summed E-state index contributed by atoms with van der Waals surface area (Å²) in [5, 5.41) is 7.88. The van der Waals surface area contributed by atoms with Gasteiger partial charge in [0.25, 0.3) is 11.8 Å². The Kier molecular flexibility index (Phi) is 6.42. The Labute approximate surface area is 187 Å². The number of amides is 2. The minimum Gasteiger partial charge on any atom is -0.344 e. The third kappa shape index (κ3) is 4.93. The van der Waals surface area contributed by atoms with Crippen LogP contribution in [0, 0.1) is 0 Å². The standard InChI is InChI=1S/C28H24N2O2/c1-20(21-11-4-2-5-12-21)29-28(32)26(30-27(31)23-14-6-3-7-15-23)19-24-17-10-16-22-13-8-9-18-25(22)24/h2-20H,1H3,(H,29,32)(H,30,31)/b26-19+/t20-/m0/s1. The minimum atomic E-state index is -0.349. The van der Waals surface area contributed by atoms with Crippen molar-refractivity contribution >= 4 is 28.7 Å². The molecule has 1 atom stereocenters. The van der Waals surface area contributed by atoms with Crippen molar-refractivity contribution < 1.29 is 9.59 Å². The lowest BCUT2D eigenvalue weighted by Gasteiger charge is -2.17. The Bertz CT molecular complexity index is 1260. The summed E-state index contributed by atoms with van der Waals surface area (Å²) in [6.07, 6.45) is 1.73. The number of rotatable bonds is 6. The van der Waals surface area contributed by atoms with Crippen LogP contribution in [0.1, 0.15) is 34.5 Å². The molecular formula is C28H24N2O2. The molecule has 4 aromatic rings. The molecule has 0 aliphatic carbocycles. The van der Waals surface area contributed by atoms with Gasteiger partial charge in [0.1, 0.15) is 5.70 Å². The van der Waals surface area contributed by atoms with E-state index < -0.39 is 0 Å². The Balaban J connectivity index is 1.68. The molecule has 0 spiro atoms. The minimum absolute atomic E-state index is 0.193. The Hall–Kier alpha value is -4.18. The largest absolute Gasteiger partial charge is 0.344 e. The number of hydrogen-bond acceptors (Lipinski definition) is 2. The van der Waals surface area contributed by atoms with Gasteiger partial charge in [-0.15, -0.1) is 0 Å². The fraction of sp³-hybridized carbons (Fsp3) is 0.0714. The molecule has 2 amide bonds. The topological polar surface area (TPSA) is 58.2 Å². The van der Waals surface area contributed by atoms with Crippen LogP contribution in [0.4, 0.5) is 0 Å². The van der Waals surface area contributed by atoms with Crippen LogP contribution in [0.2, 0.25) is 0 Å². The summed E-state index contributed by atoms with van der Waals surface area (Å²) in [4.78, 5) is 26.1. The SMILES string of the molecule is C[C@H](NC(=O)/C(=C\c1cccc2ccccc12)NC(=O)c1ccccc1)c1ccccc1. The van der Waals surface area contributed by atoms with E-state index in [4.69, 9.17) is 0 Å². The maximum absolute atomic E-state index is 13.2. The second-order valence-electron chi connectivity index (χ2n) is 7.55. The third-order valence-electron chi connectivity index (χ3n) is 5.30. The molecule has 0 bridgehead atoms. The Morgan fingerprint density at radius 3 is 2.12 bits per heavy atom. The van der Waals surface area contributed by atoms with Crippen LogP contribution in [-0.2, 0) is 4.79 Å². The van der Waals surface area contributed by atoms with E-state index >= 15 is 0 Å². The van der Waals surface area contributed by atoms with Crippen LogP contribution in [0.15, 0.2) is 109 Å². The molecule has 4 nitrogen and oxygen atoms in total. The first-order chi connectivity index (χ1) is 15.6. The van der Waals surface area contributed by atoms with Crippen molar-refractivity contribution in [2.45, 2.75) is 13.0 Å². The third-order valence-corrected chi connectivity index (χ3v) is 5.30. The van der Waals surface area contributed by atoms with Crippen molar-refractivity contribution in [1.82, 2.24) is 10.6 Å². The maximum atomic E-state index is 13.2. The number of fused-ring (bicyclic) bond motifs is 1. The number of carbonyl (C=O) groups excluding carboxylic acids is 2. The van der Waals surface area contributed by atoms with E-state index in [1.165, 1.54) is 0 Å². The molecule has 4 rings (SSSR count). The second kappa shape index (κ2) is 9.75. The molecule has 0 unspecified atom stereocenters. The summed E-state index contributed by atoms with van der Waals surface area (Å²) in [7, 11) is 0. The first-order valence-electron chi connectivity index (χ1n) is 10.5. The highest BCUT2D eigenvalue weighted by molar-refractivity contribution is 6.06. The van der Waals surface area contributed by atoms with Crippen LogP contribution in [-0.4, -0.2) is 11.8 Å². The highest BCUT2D eigenvalue weighted by atomic mass is 16.2. The van der Waals surface area contributed by atoms with Gasteiger partial charge < -0.3 is 10.6 Å². The van der Waals surface area contributed by atoms with Crippen molar-refractivity contribution in [2.24, 2.45) is 0 Å². The molecule has 158 valence electrons. The predicted octanol–water partition coefficient (Wildman–Crippen LogP) is 5.49. The van der Waals surface area contributed by atoms with Gasteiger partial charge in [-0.25, -0.2) is 0 Å². The van der Waals surface area contributed by atoms with Crippen molar-refractivity contribution in [3.63, 3.8) is 0 Å². The van der Waals surface area contributed by atoms with Gasteiger partial charge in [0, 0.05) is 5.56 Å². The van der Waals surface area contributed by atoms with Gasteiger partial charge >= 0.3 is 0 Å². The number of carbonyl (C=O) groups is 2. The van der Waals surface area contributed by atoms with Crippen LogP contribution >= 0.6 is 0 Å². The van der Waals surface area contributed by atoms with Gasteiger partial charge in [-0.2, -0.15) is 0 Å². The predicted molar refractivity (Wildman–Crippen MR) is 129 cm³/mol. The van der Waals surface area contributed by atoms with Crippen LogP contribution in [0.5, 0.6) is 0 Å². The molecule has 0 aromatic heterocycles. The van der Waals surface area contributed by atoms with Crippen molar-refractivity contribution in [1.29, 1.82) is 0 Å². The molecular weight excluding hydrogens is 396 g/mol. The first-order valence-corrected chi connectivity index (χ1v) is 10.5. The molecule has 2 N–H and O–H groups in total. The van der Waals surface area contributed by atoms with Gasteiger partial charge in [0.2, 0.25) is 0 Å². The van der Waals surface area contributed by atoms with Gasteiger partial charge in [-0.05, 0) is 47.0 Å². The van der Waals surface area contributed by atoms with Crippen molar-refractivity contribution in [3.8, 4) is 0 Å². The highest BCUT2D eigenvalue weighted by Crippen LogP contribution is 2.21. The molecule has 0 saturated heterocycles. The lowest BCUT2D eigenvalue weighted by atomic mass is 10.0. The zero-order valence-corrected chi connectivity index (χ0v) is 17.8. The monoisotopic (exact) mass is 420 g/mol. The van der Waals surface area contributed by atoms with Crippen molar-refractivity contribution in [3.05, 3.63) is 126 Å². The van der Waals surface area contributed by atoms with Gasteiger partial charge in [0.05, 0.1) is 6.04 Å². The summed E-state index contributed by atoms with van der Waals surface area (Å²) >= 11 is 0. The maximum Gasteiger partial charge on any atom is 0.268 e. The molecule has 0 aliphatic heterocycles. The Morgan fingerprint density at radius 2 is 1.38 bits per heavy atom. The summed E-state index contributed by atoms with van der Waals surface area (Å²) in [5.41, 5.74) is 2.52. The molecule has 0 radical (unpaired) electrons. The number of benzene rings is 4. The zero-order chi connectivity index (χ0) is 22.3.